The van der Waals surface area contributed by atoms with Crippen LogP contribution in [0.2, 0.25) is 0 Å². The molecule has 4 heterocycles. The highest BCUT2D eigenvalue weighted by Crippen LogP contribution is 2.38. The van der Waals surface area contributed by atoms with Crippen LogP contribution in [0.25, 0.3) is 0 Å². The number of carbonyl (C=O) groups excluding carboxylic acids is 3. The third-order valence-electron chi connectivity index (χ3n) is 8.28. The SMILES string of the molecule is CC1=CCN(C(=O)OCc2ccccc2)C12CCOC2.O=C(OCc1ccccc1)N1CCC(=O)C12CCOC2. The summed E-state index contributed by atoms with van der Waals surface area (Å²) in [4.78, 5) is 40.0. The standard InChI is InChI=1S/C16H19NO3.C15H17NO4/c1-13-7-9-17(16(13)8-10-19-12-16)15(18)20-11-14-5-3-2-4-6-14;17-13-6-8-16(15(13)7-9-19-11-15)14(18)20-10-12-4-2-1-3-5-12/h2-7H,8-12H2,1H3;1-5H,6-11H2. The molecule has 9 nitrogen and oxygen atoms in total. The minimum Gasteiger partial charge on any atom is -0.445 e. The van der Waals surface area contributed by atoms with Gasteiger partial charge in [-0.1, -0.05) is 66.7 Å². The summed E-state index contributed by atoms with van der Waals surface area (Å²) in [6.45, 7) is 5.75. The highest BCUT2D eigenvalue weighted by molar-refractivity contribution is 5.95. The van der Waals surface area contributed by atoms with E-state index in [1.807, 2.05) is 60.7 Å². The fourth-order valence-electron chi connectivity index (χ4n) is 5.79. The van der Waals surface area contributed by atoms with Crippen LogP contribution in [0.1, 0.15) is 37.3 Å². The van der Waals surface area contributed by atoms with E-state index in [9.17, 15) is 14.4 Å². The number of ketones is 1. The number of rotatable bonds is 4. The molecule has 2 amide bonds. The van der Waals surface area contributed by atoms with Crippen LogP contribution in [0.15, 0.2) is 72.3 Å². The predicted octanol–water partition coefficient (Wildman–Crippen LogP) is 4.50. The van der Waals surface area contributed by atoms with Crippen LogP contribution in [0.3, 0.4) is 0 Å². The Hall–Kier alpha value is -3.69. The number of likely N-dealkylation sites (tertiary alicyclic amines) is 1. The zero-order chi connectivity index (χ0) is 28.0. The molecule has 0 aliphatic carbocycles. The molecule has 2 aromatic carbocycles. The van der Waals surface area contributed by atoms with Gasteiger partial charge in [-0.2, -0.15) is 0 Å². The third-order valence-corrected chi connectivity index (χ3v) is 8.28. The lowest BCUT2D eigenvalue weighted by Crippen LogP contribution is -2.51. The first-order valence-corrected chi connectivity index (χ1v) is 13.8. The molecule has 0 N–H and O–H groups in total. The quantitative estimate of drug-likeness (QED) is 0.519. The lowest BCUT2D eigenvalue weighted by Gasteiger charge is -2.34. The van der Waals surface area contributed by atoms with Gasteiger partial charge in [-0.25, -0.2) is 9.59 Å². The van der Waals surface area contributed by atoms with E-state index >= 15 is 0 Å². The maximum atomic E-state index is 12.3. The molecule has 9 heteroatoms. The molecular formula is C31H36N2O7. The molecule has 0 saturated carbocycles. The molecule has 40 heavy (non-hydrogen) atoms. The molecular weight excluding hydrogens is 512 g/mol. The number of benzene rings is 2. The summed E-state index contributed by atoms with van der Waals surface area (Å²) in [5.41, 5.74) is 2.11. The van der Waals surface area contributed by atoms with Gasteiger partial charge in [-0.3, -0.25) is 14.6 Å². The Bertz CT molecular complexity index is 1210. The molecule has 3 saturated heterocycles. The zero-order valence-corrected chi connectivity index (χ0v) is 22.9. The van der Waals surface area contributed by atoms with Crippen molar-refractivity contribution in [2.75, 3.05) is 39.5 Å². The molecule has 0 radical (unpaired) electrons. The van der Waals surface area contributed by atoms with Crippen LogP contribution in [-0.4, -0.2) is 78.4 Å². The van der Waals surface area contributed by atoms with E-state index < -0.39 is 11.6 Å². The highest BCUT2D eigenvalue weighted by Gasteiger charge is 2.53. The third kappa shape index (κ3) is 5.62. The lowest BCUT2D eigenvalue weighted by atomic mass is 9.91. The van der Waals surface area contributed by atoms with Gasteiger partial charge in [0.2, 0.25) is 0 Å². The first-order valence-electron chi connectivity index (χ1n) is 13.8. The topological polar surface area (TPSA) is 94.6 Å². The minimum absolute atomic E-state index is 0.0895. The van der Waals surface area contributed by atoms with Crippen LogP contribution >= 0.6 is 0 Å². The maximum Gasteiger partial charge on any atom is 0.411 e. The maximum absolute atomic E-state index is 12.3. The Morgan fingerprint density at radius 3 is 1.85 bits per heavy atom. The van der Waals surface area contributed by atoms with E-state index in [2.05, 4.69) is 13.0 Å². The zero-order valence-electron chi connectivity index (χ0n) is 22.9. The van der Waals surface area contributed by atoms with Gasteiger partial charge in [0.05, 0.1) is 18.8 Å². The molecule has 2 aromatic rings. The Morgan fingerprint density at radius 1 is 0.800 bits per heavy atom. The van der Waals surface area contributed by atoms with Crippen molar-refractivity contribution in [2.45, 2.75) is 50.5 Å². The number of nitrogens with zero attached hydrogens (tertiary/aromatic N) is 2. The van der Waals surface area contributed by atoms with Gasteiger partial charge < -0.3 is 18.9 Å². The summed E-state index contributed by atoms with van der Waals surface area (Å²) in [6.07, 6.45) is 3.24. The largest absolute Gasteiger partial charge is 0.445 e. The molecule has 3 fully saturated rings. The van der Waals surface area contributed by atoms with Gasteiger partial charge in [0.1, 0.15) is 18.8 Å². The number of amides is 2. The van der Waals surface area contributed by atoms with Crippen LogP contribution < -0.4 is 0 Å². The van der Waals surface area contributed by atoms with E-state index in [1.165, 1.54) is 5.57 Å². The van der Waals surface area contributed by atoms with Gasteiger partial charge in [-0.05, 0) is 23.6 Å². The van der Waals surface area contributed by atoms with Crippen LogP contribution in [0, 0.1) is 0 Å². The molecule has 4 aliphatic heterocycles. The molecule has 0 bridgehead atoms. The number of ether oxygens (including phenoxy) is 4. The lowest BCUT2D eigenvalue weighted by molar-refractivity contribution is -0.124. The van der Waals surface area contributed by atoms with E-state index in [-0.39, 0.29) is 24.0 Å². The van der Waals surface area contributed by atoms with Crippen molar-refractivity contribution in [1.82, 2.24) is 9.80 Å². The van der Waals surface area contributed by atoms with Crippen LogP contribution in [0.4, 0.5) is 9.59 Å². The Labute approximate surface area is 234 Å². The highest BCUT2D eigenvalue weighted by atomic mass is 16.6. The molecule has 2 spiro atoms. The first kappa shape index (κ1) is 27.9. The Balaban J connectivity index is 0.000000161. The summed E-state index contributed by atoms with van der Waals surface area (Å²) in [5.74, 6) is 0.0895. The molecule has 0 aromatic heterocycles. The van der Waals surface area contributed by atoms with Crippen LogP contribution in [0.5, 0.6) is 0 Å². The predicted molar refractivity (Wildman–Crippen MR) is 146 cm³/mol. The smallest absolute Gasteiger partial charge is 0.411 e. The summed E-state index contributed by atoms with van der Waals surface area (Å²) in [6, 6.07) is 19.2. The molecule has 2 atom stereocenters. The summed E-state index contributed by atoms with van der Waals surface area (Å²) in [7, 11) is 0. The second-order valence-corrected chi connectivity index (χ2v) is 10.6. The number of Topliss-reactive ketones (excluding diaryl/α,β-unsaturated/α-hetero) is 1. The van der Waals surface area contributed by atoms with Crippen molar-refractivity contribution in [2.24, 2.45) is 0 Å². The van der Waals surface area contributed by atoms with Gasteiger partial charge in [0, 0.05) is 45.6 Å². The molecule has 2 unspecified atom stereocenters. The van der Waals surface area contributed by atoms with Crippen molar-refractivity contribution in [3.8, 4) is 0 Å². The Kier molecular flexibility index (Phi) is 8.52. The van der Waals surface area contributed by atoms with Crippen molar-refractivity contribution < 1.29 is 33.3 Å². The van der Waals surface area contributed by atoms with Gasteiger partial charge in [-0.15, -0.1) is 0 Å². The van der Waals surface area contributed by atoms with Gasteiger partial charge in [0.25, 0.3) is 0 Å². The molecule has 212 valence electrons. The van der Waals surface area contributed by atoms with E-state index in [4.69, 9.17) is 18.9 Å². The second kappa shape index (κ2) is 12.2. The van der Waals surface area contributed by atoms with Gasteiger partial charge >= 0.3 is 12.2 Å². The number of hydrogen-bond acceptors (Lipinski definition) is 7. The average Bonchev–Trinajstić information content (AvgIpc) is 3.79. The monoisotopic (exact) mass is 548 g/mol. The summed E-state index contributed by atoms with van der Waals surface area (Å²) < 4.78 is 21.6. The first-order chi connectivity index (χ1) is 19.4. The van der Waals surface area contributed by atoms with Crippen molar-refractivity contribution in [1.29, 1.82) is 0 Å². The van der Waals surface area contributed by atoms with Crippen molar-refractivity contribution in [3.63, 3.8) is 0 Å². The number of hydrogen-bond donors (Lipinski definition) is 0. The van der Waals surface area contributed by atoms with Gasteiger partial charge in [0.15, 0.2) is 5.78 Å². The average molecular weight is 549 g/mol. The Morgan fingerprint density at radius 2 is 1.32 bits per heavy atom. The molecule has 6 rings (SSSR count). The number of carbonyl (C=O) groups is 3. The summed E-state index contributed by atoms with van der Waals surface area (Å²) >= 11 is 0. The van der Waals surface area contributed by atoms with E-state index in [1.54, 1.807) is 9.80 Å². The molecule has 4 aliphatic rings. The minimum atomic E-state index is -0.770. The van der Waals surface area contributed by atoms with E-state index in [0.717, 1.165) is 17.5 Å². The van der Waals surface area contributed by atoms with E-state index in [0.29, 0.717) is 59.0 Å². The van der Waals surface area contributed by atoms with Crippen LogP contribution in [-0.2, 0) is 37.0 Å². The van der Waals surface area contributed by atoms with Crippen molar-refractivity contribution >= 4 is 18.0 Å². The second-order valence-electron chi connectivity index (χ2n) is 10.6. The van der Waals surface area contributed by atoms with Crippen molar-refractivity contribution in [3.05, 3.63) is 83.4 Å². The summed E-state index contributed by atoms with van der Waals surface area (Å²) in [5, 5.41) is 0. The normalized spacial score (nSPS) is 25.2. The fourth-order valence-corrected chi connectivity index (χ4v) is 5.79. The fraction of sp³-hybridized carbons (Fsp3) is 0.452.